The number of aryl methyl sites for hydroxylation is 2. The molecule has 1 aliphatic carbocycles. The molecule has 0 unspecified atom stereocenters. The second kappa shape index (κ2) is 12.2. The standard InChI is InChI=1S/C33H36N2O4/c1-3-17-35(22-24-8-5-4-6-9-24)28-11-7-10-27(19-28)33-34-31(23(2)39-33)16-18-38-29-14-15-30-25(20-29)12-13-26(30)21-32(36)37/h4-11,14-15,19-20,26H,3,12-13,16-18,21-22H2,1-2H3,(H,36,37)/t26-/m0/s1. The zero-order valence-corrected chi connectivity index (χ0v) is 22.7. The van der Waals surface area contributed by atoms with Gasteiger partial charge in [-0.3, -0.25) is 4.79 Å². The van der Waals surface area contributed by atoms with Crippen LogP contribution in [0.1, 0.15) is 60.2 Å². The van der Waals surface area contributed by atoms with Crippen molar-refractivity contribution >= 4 is 11.7 Å². The Bertz CT molecular complexity index is 1410. The molecule has 1 aromatic heterocycles. The van der Waals surface area contributed by atoms with Crippen molar-refractivity contribution in [3.63, 3.8) is 0 Å². The minimum Gasteiger partial charge on any atom is -0.493 e. The molecule has 0 radical (unpaired) electrons. The molecule has 0 fully saturated rings. The molecule has 0 saturated heterocycles. The van der Waals surface area contributed by atoms with E-state index in [2.05, 4.69) is 60.4 Å². The summed E-state index contributed by atoms with van der Waals surface area (Å²) in [5, 5.41) is 9.15. The molecule has 0 amide bonds. The molecule has 39 heavy (non-hydrogen) atoms. The normalized spacial score (nSPS) is 14.3. The molecule has 1 aliphatic rings. The van der Waals surface area contributed by atoms with E-state index < -0.39 is 5.97 Å². The van der Waals surface area contributed by atoms with Crippen LogP contribution in [0.3, 0.4) is 0 Å². The van der Waals surface area contributed by atoms with Crippen LogP contribution in [0.15, 0.2) is 77.2 Å². The smallest absolute Gasteiger partial charge is 0.303 e. The van der Waals surface area contributed by atoms with Crippen LogP contribution in [0.5, 0.6) is 5.75 Å². The molecule has 6 nitrogen and oxygen atoms in total. The van der Waals surface area contributed by atoms with Gasteiger partial charge >= 0.3 is 5.97 Å². The highest BCUT2D eigenvalue weighted by Crippen LogP contribution is 2.37. The Balaban J connectivity index is 1.23. The van der Waals surface area contributed by atoms with Crippen LogP contribution in [0.2, 0.25) is 0 Å². The average molecular weight is 525 g/mol. The number of aromatic nitrogens is 1. The van der Waals surface area contributed by atoms with Crippen molar-refractivity contribution in [2.75, 3.05) is 18.1 Å². The highest BCUT2D eigenvalue weighted by Gasteiger charge is 2.25. The molecule has 4 aromatic rings. The second-order valence-electron chi connectivity index (χ2n) is 10.3. The quantitative estimate of drug-likeness (QED) is 0.211. The molecule has 202 valence electrons. The Morgan fingerprint density at radius 1 is 1.10 bits per heavy atom. The minimum absolute atomic E-state index is 0.105. The summed E-state index contributed by atoms with van der Waals surface area (Å²) in [6, 6.07) is 25.0. The van der Waals surface area contributed by atoms with Crippen molar-refractivity contribution in [3.05, 3.63) is 101 Å². The van der Waals surface area contributed by atoms with E-state index in [1.54, 1.807) is 0 Å². The number of aliphatic carboxylic acids is 1. The number of benzene rings is 3. The Morgan fingerprint density at radius 3 is 2.74 bits per heavy atom. The fourth-order valence-corrected chi connectivity index (χ4v) is 5.45. The Kier molecular flexibility index (Phi) is 8.30. The monoisotopic (exact) mass is 524 g/mol. The maximum Gasteiger partial charge on any atom is 0.303 e. The van der Waals surface area contributed by atoms with E-state index in [9.17, 15) is 4.79 Å². The van der Waals surface area contributed by atoms with Gasteiger partial charge < -0.3 is 19.2 Å². The fraction of sp³-hybridized carbons (Fsp3) is 0.333. The summed E-state index contributed by atoms with van der Waals surface area (Å²) in [6.07, 6.45) is 3.68. The molecule has 1 atom stereocenters. The molecule has 0 aliphatic heterocycles. The summed E-state index contributed by atoms with van der Waals surface area (Å²) in [4.78, 5) is 18.3. The van der Waals surface area contributed by atoms with Crippen LogP contribution in [-0.4, -0.2) is 29.2 Å². The Morgan fingerprint density at radius 2 is 1.95 bits per heavy atom. The molecule has 5 rings (SSSR count). The number of oxazole rings is 1. The minimum atomic E-state index is -0.743. The van der Waals surface area contributed by atoms with Crippen molar-refractivity contribution in [1.82, 2.24) is 4.98 Å². The molecule has 0 bridgehead atoms. The second-order valence-corrected chi connectivity index (χ2v) is 10.3. The third-order valence-electron chi connectivity index (χ3n) is 7.41. The lowest BCUT2D eigenvalue weighted by Crippen LogP contribution is -2.23. The summed E-state index contributed by atoms with van der Waals surface area (Å²) in [7, 11) is 0. The van der Waals surface area contributed by atoms with Crippen molar-refractivity contribution in [3.8, 4) is 17.2 Å². The van der Waals surface area contributed by atoms with Gasteiger partial charge in [-0.1, -0.05) is 49.4 Å². The predicted octanol–water partition coefficient (Wildman–Crippen LogP) is 7.19. The third kappa shape index (κ3) is 6.51. The topological polar surface area (TPSA) is 75.8 Å². The van der Waals surface area contributed by atoms with Crippen molar-refractivity contribution in [2.24, 2.45) is 0 Å². The maximum atomic E-state index is 11.1. The van der Waals surface area contributed by atoms with Gasteiger partial charge in [0.1, 0.15) is 11.5 Å². The number of hydrogen-bond donors (Lipinski definition) is 1. The van der Waals surface area contributed by atoms with Crippen molar-refractivity contribution in [1.29, 1.82) is 0 Å². The predicted molar refractivity (Wildman–Crippen MR) is 153 cm³/mol. The number of ether oxygens (including phenoxy) is 1. The zero-order valence-electron chi connectivity index (χ0n) is 22.7. The summed E-state index contributed by atoms with van der Waals surface area (Å²) >= 11 is 0. The van der Waals surface area contributed by atoms with Crippen LogP contribution in [0, 0.1) is 6.92 Å². The van der Waals surface area contributed by atoms with Gasteiger partial charge in [-0.2, -0.15) is 0 Å². The molecular formula is C33H36N2O4. The molecule has 6 heteroatoms. The molecule has 1 N–H and O–H groups in total. The fourth-order valence-electron chi connectivity index (χ4n) is 5.45. The molecule has 0 saturated carbocycles. The van der Waals surface area contributed by atoms with E-state index in [-0.39, 0.29) is 12.3 Å². The lowest BCUT2D eigenvalue weighted by atomic mass is 9.98. The van der Waals surface area contributed by atoms with E-state index in [0.29, 0.717) is 18.9 Å². The highest BCUT2D eigenvalue weighted by atomic mass is 16.5. The lowest BCUT2D eigenvalue weighted by molar-refractivity contribution is -0.137. The van der Waals surface area contributed by atoms with Crippen LogP contribution in [0.4, 0.5) is 5.69 Å². The van der Waals surface area contributed by atoms with E-state index in [1.807, 2.05) is 31.2 Å². The van der Waals surface area contributed by atoms with Gasteiger partial charge in [0, 0.05) is 30.8 Å². The first kappa shape index (κ1) is 26.5. The Hall–Kier alpha value is -4.06. The maximum absolute atomic E-state index is 11.1. The average Bonchev–Trinajstić information content (AvgIpc) is 3.51. The number of carboxylic acid groups (broad SMARTS) is 1. The number of hydrogen-bond acceptors (Lipinski definition) is 5. The number of carboxylic acids is 1. The van der Waals surface area contributed by atoms with Gasteiger partial charge in [-0.05, 0) is 79.1 Å². The number of fused-ring (bicyclic) bond motifs is 1. The Labute approximate surface area is 230 Å². The van der Waals surface area contributed by atoms with Gasteiger partial charge in [-0.25, -0.2) is 4.98 Å². The van der Waals surface area contributed by atoms with Crippen LogP contribution < -0.4 is 9.64 Å². The van der Waals surface area contributed by atoms with E-state index >= 15 is 0 Å². The number of nitrogens with zero attached hydrogens (tertiary/aromatic N) is 2. The molecular weight excluding hydrogens is 488 g/mol. The summed E-state index contributed by atoms with van der Waals surface area (Å²) < 4.78 is 12.1. The van der Waals surface area contributed by atoms with Crippen molar-refractivity contribution in [2.45, 2.75) is 58.4 Å². The van der Waals surface area contributed by atoms with Gasteiger partial charge in [0.2, 0.25) is 5.89 Å². The summed E-state index contributed by atoms with van der Waals surface area (Å²) in [5.74, 6) is 1.61. The van der Waals surface area contributed by atoms with Gasteiger partial charge in [-0.15, -0.1) is 0 Å². The van der Waals surface area contributed by atoms with E-state index in [0.717, 1.165) is 66.4 Å². The largest absolute Gasteiger partial charge is 0.493 e. The first-order chi connectivity index (χ1) is 19.0. The summed E-state index contributed by atoms with van der Waals surface area (Å²) in [6.45, 7) is 6.47. The molecule has 0 spiro atoms. The highest BCUT2D eigenvalue weighted by molar-refractivity contribution is 5.68. The van der Waals surface area contributed by atoms with Gasteiger partial charge in [0.05, 0.1) is 18.7 Å². The number of rotatable bonds is 12. The molecule has 3 aromatic carbocycles. The van der Waals surface area contributed by atoms with Crippen LogP contribution in [-0.2, 0) is 24.2 Å². The first-order valence-corrected chi connectivity index (χ1v) is 13.8. The zero-order chi connectivity index (χ0) is 27.2. The first-order valence-electron chi connectivity index (χ1n) is 13.8. The SMILES string of the molecule is CCCN(Cc1ccccc1)c1cccc(-c2nc(CCOc3ccc4c(c3)CC[C@H]4CC(=O)O)c(C)o2)c1. The van der Waals surface area contributed by atoms with E-state index in [1.165, 1.54) is 11.1 Å². The lowest BCUT2D eigenvalue weighted by Gasteiger charge is -2.25. The van der Waals surface area contributed by atoms with Crippen LogP contribution >= 0.6 is 0 Å². The van der Waals surface area contributed by atoms with Gasteiger partial charge in [0.15, 0.2) is 0 Å². The number of carbonyl (C=O) groups is 1. The van der Waals surface area contributed by atoms with Crippen LogP contribution in [0.25, 0.3) is 11.5 Å². The number of anilines is 1. The summed E-state index contributed by atoms with van der Waals surface area (Å²) in [5.41, 5.74) is 6.64. The van der Waals surface area contributed by atoms with E-state index in [4.69, 9.17) is 19.2 Å². The third-order valence-corrected chi connectivity index (χ3v) is 7.41. The molecule has 1 heterocycles. The van der Waals surface area contributed by atoms with Gasteiger partial charge in [0.25, 0.3) is 0 Å². The van der Waals surface area contributed by atoms with Crippen molar-refractivity contribution < 1.29 is 19.1 Å².